The number of hydrogen-bond acceptors (Lipinski definition) is 4. The third-order valence-corrected chi connectivity index (χ3v) is 5.00. The average molecular weight is 316 g/mol. The number of amides is 1. The summed E-state index contributed by atoms with van der Waals surface area (Å²) in [6.07, 6.45) is 1.26. The first-order valence-corrected chi connectivity index (χ1v) is 8.74. The number of carbonyl (C=O) groups is 1. The highest BCUT2D eigenvalue weighted by Crippen LogP contribution is 2.13. The van der Waals surface area contributed by atoms with Crippen molar-refractivity contribution in [3.63, 3.8) is 0 Å². The molecule has 0 bridgehead atoms. The molecule has 2 heterocycles. The van der Waals surface area contributed by atoms with Crippen molar-refractivity contribution >= 4 is 5.91 Å². The minimum atomic E-state index is 0.0644. The highest BCUT2D eigenvalue weighted by molar-refractivity contribution is 5.78. The van der Waals surface area contributed by atoms with E-state index in [4.69, 9.17) is 0 Å². The lowest BCUT2D eigenvalue weighted by Crippen LogP contribution is -2.52. The van der Waals surface area contributed by atoms with Crippen molar-refractivity contribution in [2.45, 2.75) is 25.4 Å². The third kappa shape index (κ3) is 4.53. The molecule has 0 saturated carbocycles. The maximum Gasteiger partial charge on any atom is 0.234 e. The highest BCUT2D eigenvalue weighted by Gasteiger charge is 2.26. The molecular formula is C18H28N4O. The van der Waals surface area contributed by atoms with Crippen molar-refractivity contribution < 1.29 is 4.79 Å². The molecule has 2 aliphatic heterocycles. The fourth-order valence-corrected chi connectivity index (χ4v) is 3.55. The van der Waals surface area contributed by atoms with E-state index in [1.165, 1.54) is 6.42 Å². The molecule has 0 radical (unpaired) electrons. The van der Waals surface area contributed by atoms with E-state index in [1.54, 1.807) is 0 Å². The molecule has 2 atom stereocenters. The van der Waals surface area contributed by atoms with E-state index >= 15 is 0 Å². The second-order valence-electron chi connectivity index (χ2n) is 6.66. The Morgan fingerprint density at radius 2 is 2.00 bits per heavy atom. The number of rotatable bonds is 5. The fourth-order valence-electron chi connectivity index (χ4n) is 3.55. The molecule has 1 aromatic rings. The largest absolute Gasteiger partial charge is 0.348 e. The van der Waals surface area contributed by atoms with Crippen molar-refractivity contribution in [1.82, 2.24) is 20.4 Å². The molecule has 0 aliphatic carbocycles. The Morgan fingerprint density at radius 1 is 1.26 bits per heavy atom. The molecule has 0 spiro atoms. The lowest BCUT2D eigenvalue weighted by molar-refractivity contribution is -0.123. The van der Waals surface area contributed by atoms with Crippen LogP contribution in [-0.4, -0.2) is 67.6 Å². The molecule has 1 aromatic carbocycles. The highest BCUT2D eigenvalue weighted by atomic mass is 16.2. The molecule has 2 unspecified atom stereocenters. The Labute approximate surface area is 139 Å². The van der Waals surface area contributed by atoms with Crippen LogP contribution in [0.5, 0.6) is 0 Å². The molecule has 2 saturated heterocycles. The standard InChI is InChI=1S/C18H28N4O/c1-15(16-5-3-2-4-6-16)20-18(23)14-21-9-11-22(12-10-21)17-7-8-19-13-17/h2-6,15,17,19H,7-14H2,1H3,(H,20,23). The number of carbonyl (C=O) groups excluding carboxylic acids is 1. The van der Waals surface area contributed by atoms with Gasteiger partial charge in [0.05, 0.1) is 12.6 Å². The van der Waals surface area contributed by atoms with Crippen molar-refractivity contribution in [3.05, 3.63) is 35.9 Å². The summed E-state index contributed by atoms with van der Waals surface area (Å²) < 4.78 is 0. The first kappa shape index (κ1) is 16.4. The van der Waals surface area contributed by atoms with Gasteiger partial charge in [0.1, 0.15) is 0 Å². The minimum absolute atomic E-state index is 0.0644. The summed E-state index contributed by atoms with van der Waals surface area (Å²) in [4.78, 5) is 17.1. The summed E-state index contributed by atoms with van der Waals surface area (Å²) in [5, 5.41) is 6.54. The van der Waals surface area contributed by atoms with Gasteiger partial charge in [0, 0.05) is 38.8 Å². The molecule has 0 aromatic heterocycles. The van der Waals surface area contributed by atoms with Crippen LogP contribution < -0.4 is 10.6 Å². The zero-order valence-corrected chi connectivity index (χ0v) is 14.0. The van der Waals surface area contributed by atoms with Crippen LogP contribution in [0.25, 0.3) is 0 Å². The van der Waals surface area contributed by atoms with Gasteiger partial charge in [0.15, 0.2) is 0 Å². The zero-order valence-electron chi connectivity index (χ0n) is 14.0. The normalized spacial score (nSPS) is 24.5. The van der Waals surface area contributed by atoms with E-state index in [9.17, 15) is 4.79 Å². The molecule has 23 heavy (non-hydrogen) atoms. The number of benzene rings is 1. The van der Waals surface area contributed by atoms with Gasteiger partial charge in [-0.3, -0.25) is 14.6 Å². The van der Waals surface area contributed by atoms with Crippen molar-refractivity contribution in [3.8, 4) is 0 Å². The Kier molecular flexibility index (Phi) is 5.65. The van der Waals surface area contributed by atoms with Crippen LogP contribution in [0.15, 0.2) is 30.3 Å². The van der Waals surface area contributed by atoms with Gasteiger partial charge in [0.25, 0.3) is 0 Å². The molecule has 3 rings (SSSR count). The van der Waals surface area contributed by atoms with Gasteiger partial charge in [-0.1, -0.05) is 30.3 Å². The number of nitrogens with zero attached hydrogens (tertiary/aromatic N) is 2. The molecule has 5 nitrogen and oxygen atoms in total. The quantitative estimate of drug-likeness (QED) is 0.845. The number of hydrogen-bond donors (Lipinski definition) is 2. The molecule has 2 fully saturated rings. The predicted molar refractivity (Wildman–Crippen MR) is 92.3 cm³/mol. The Morgan fingerprint density at radius 3 is 2.65 bits per heavy atom. The van der Waals surface area contributed by atoms with Gasteiger partial charge in [0.2, 0.25) is 5.91 Å². The van der Waals surface area contributed by atoms with Gasteiger partial charge in [-0.2, -0.15) is 0 Å². The smallest absolute Gasteiger partial charge is 0.234 e. The lowest BCUT2D eigenvalue weighted by Gasteiger charge is -2.37. The molecular weight excluding hydrogens is 288 g/mol. The van der Waals surface area contributed by atoms with Crippen molar-refractivity contribution in [2.24, 2.45) is 0 Å². The molecule has 5 heteroatoms. The molecule has 2 aliphatic rings. The molecule has 126 valence electrons. The Bertz CT molecular complexity index is 493. The topological polar surface area (TPSA) is 47.6 Å². The summed E-state index contributed by atoms with van der Waals surface area (Å²) in [5.74, 6) is 0.123. The second-order valence-corrected chi connectivity index (χ2v) is 6.66. The van der Waals surface area contributed by atoms with Gasteiger partial charge < -0.3 is 10.6 Å². The van der Waals surface area contributed by atoms with Crippen LogP contribution >= 0.6 is 0 Å². The van der Waals surface area contributed by atoms with Crippen LogP contribution in [0.4, 0.5) is 0 Å². The third-order valence-electron chi connectivity index (χ3n) is 5.00. The Balaban J connectivity index is 1.40. The van der Waals surface area contributed by atoms with E-state index in [0.717, 1.165) is 44.8 Å². The van der Waals surface area contributed by atoms with E-state index in [0.29, 0.717) is 12.6 Å². The van der Waals surface area contributed by atoms with Crippen LogP contribution in [0.3, 0.4) is 0 Å². The van der Waals surface area contributed by atoms with Crippen LogP contribution in [0.2, 0.25) is 0 Å². The maximum absolute atomic E-state index is 12.3. The molecule has 1 amide bonds. The summed E-state index contributed by atoms with van der Waals surface area (Å²) >= 11 is 0. The zero-order chi connectivity index (χ0) is 16.1. The first-order valence-electron chi connectivity index (χ1n) is 8.74. The summed E-state index contributed by atoms with van der Waals surface area (Å²) in [6, 6.07) is 10.9. The van der Waals surface area contributed by atoms with Crippen LogP contribution in [-0.2, 0) is 4.79 Å². The van der Waals surface area contributed by atoms with Crippen LogP contribution in [0, 0.1) is 0 Å². The van der Waals surface area contributed by atoms with Gasteiger partial charge in [-0.05, 0) is 25.5 Å². The number of piperazine rings is 1. The van der Waals surface area contributed by atoms with Crippen molar-refractivity contribution in [1.29, 1.82) is 0 Å². The van der Waals surface area contributed by atoms with Gasteiger partial charge >= 0.3 is 0 Å². The average Bonchev–Trinajstić information content (AvgIpc) is 3.11. The van der Waals surface area contributed by atoms with Crippen LogP contribution in [0.1, 0.15) is 24.9 Å². The van der Waals surface area contributed by atoms with Gasteiger partial charge in [-0.15, -0.1) is 0 Å². The van der Waals surface area contributed by atoms with Crippen molar-refractivity contribution in [2.75, 3.05) is 45.8 Å². The fraction of sp³-hybridized carbons (Fsp3) is 0.611. The monoisotopic (exact) mass is 316 g/mol. The SMILES string of the molecule is CC(NC(=O)CN1CCN(C2CCNC2)CC1)c1ccccc1. The summed E-state index contributed by atoms with van der Waals surface area (Å²) in [5.41, 5.74) is 1.15. The predicted octanol–water partition coefficient (Wildman–Crippen LogP) is 0.843. The van der Waals surface area contributed by atoms with E-state index in [2.05, 4.69) is 32.6 Å². The first-order chi connectivity index (χ1) is 11.2. The lowest BCUT2D eigenvalue weighted by atomic mass is 10.1. The minimum Gasteiger partial charge on any atom is -0.348 e. The summed E-state index contributed by atoms with van der Waals surface area (Å²) in [6.45, 7) is 8.95. The number of nitrogens with one attached hydrogen (secondary N) is 2. The second kappa shape index (κ2) is 7.90. The van der Waals surface area contributed by atoms with Gasteiger partial charge in [-0.25, -0.2) is 0 Å². The summed E-state index contributed by atoms with van der Waals surface area (Å²) in [7, 11) is 0. The molecule has 2 N–H and O–H groups in total. The Hall–Kier alpha value is -1.43. The maximum atomic E-state index is 12.3. The van der Waals surface area contributed by atoms with E-state index in [-0.39, 0.29) is 11.9 Å². The van der Waals surface area contributed by atoms with E-state index in [1.807, 2.05) is 25.1 Å². The van der Waals surface area contributed by atoms with E-state index < -0.39 is 0 Å².